The van der Waals surface area contributed by atoms with Crippen molar-refractivity contribution >= 4 is 42.8 Å². The van der Waals surface area contributed by atoms with E-state index < -0.39 is 24.3 Å². The number of likely N-dealkylation sites (tertiary alicyclic amines) is 1. The van der Waals surface area contributed by atoms with Crippen LogP contribution < -0.4 is 5.32 Å². The summed E-state index contributed by atoms with van der Waals surface area (Å²) in [5.74, 6) is -4.76. The Morgan fingerprint density at radius 2 is 1.47 bits per heavy atom. The van der Waals surface area contributed by atoms with Crippen molar-refractivity contribution in [3.8, 4) is 0 Å². The number of hydrogen-bond donors (Lipinski definition) is 4. The summed E-state index contributed by atoms with van der Waals surface area (Å²) in [5, 5.41) is 27.8. The lowest BCUT2D eigenvalue weighted by molar-refractivity contribution is -0.193. The summed E-state index contributed by atoms with van der Waals surface area (Å²) in [5.41, 5.74) is 3.55. The smallest absolute Gasteiger partial charge is 0.475 e. The van der Waals surface area contributed by atoms with Gasteiger partial charge in [0.1, 0.15) is 0 Å². The van der Waals surface area contributed by atoms with E-state index in [0.29, 0.717) is 11.5 Å². The van der Waals surface area contributed by atoms with Crippen LogP contribution in [0.2, 0.25) is 0 Å². The molecule has 7 nitrogen and oxygen atoms in total. The highest BCUT2D eigenvalue weighted by atomic mass is 35.5. The maximum atomic E-state index is 10.6. The first-order chi connectivity index (χ1) is 19.0. The predicted molar refractivity (Wildman–Crippen MR) is 154 cm³/mol. The molecule has 3 atom stereocenters. The van der Waals surface area contributed by atoms with Crippen LogP contribution in [-0.4, -0.2) is 82.3 Å². The number of rotatable bonds is 7. The highest BCUT2D eigenvalue weighted by molar-refractivity contribution is 5.85. The van der Waals surface area contributed by atoms with Crippen molar-refractivity contribution in [3.05, 3.63) is 41.5 Å². The van der Waals surface area contributed by atoms with Crippen LogP contribution >= 0.6 is 24.8 Å². The number of nitrogens with one attached hydrogen (secondary N) is 1. The van der Waals surface area contributed by atoms with Gasteiger partial charge in [-0.3, -0.25) is 0 Å². The largest absolute Gasteiger partial charge is 0.490 e. The van der Waals surface area contributed by atoms with Gasteiger partial charge in [-0.15, -0.1) is 24.8 Å². The molecule has 0 bridgehead atoms. The van der Waals surface area contributed by atoms with Crippen molar-refractivity contribution < 1.29 is 51.3 Å². The molecule has 4 N–H and O–H groups in total. The molecule has 0 amide bonds. The van der Waals surface area contributed by atoms with E-state index in [4.69, 9.17) is 19.8 Å². The van der Waals surface area contributed by atoms with Gasteiger partial charge < -0.3 is 25.5 Å². The summed E-state index contributed by atoms with van der Waals surface area (Å²) >= 11 is 0. The zero-order valence-corrected chi connectivity index (χ0v) is 25.5. The van der Waals surface area contributed by atoms with Crippen LogP contribution in [0.1, 0.15) is 57.9 Å². The summed E-state index contributed by atoms with van der Waals surface area (Å²) in [6.45, 7) is 7.38. The van der Waals surface area contributed by atoms with Gasteiger partial charge in [-0.25, -0.2) is 9.59 Å². The lowest BCUT2D eigenvalue weighted by Crippen LogP contribution is -2.54. The van der Waals surface area contributed by atoms with Gasteiger partial charge in [-0.2, -0.15) is 26.3 Å². The molecule has 1 aromatic carbocycles. The van der Waals surface area contributed by atoms with Crippen molar-refractivity contribution in [2.75, 3.05) is 19.6 Å². The Hall–Kier alpha value is -2.06. The zero-order valence-electron chi connectivity index (χ0n) is 23.8. The third-order valence-electron chi connectivity index (χ3n) is 7.56. The third-order valence-corrected chi connectivity index (χ3v) is 7.56. The molecular weight excluding hydrogens is 629 g/mol. The number of aliphatic hydroxyl groups is 1. The van der Waals surface area contributed by atoms with Crippen LogP contribution in [0.3, 0.4) is 0 Å². The molecule has 0 radical (unpaired) electrons. The topological polar surface area (TPSA) is 110 Å². The van der Waals surface area contributed by atoms with Crippen molar-refractivity contribution in [1.29, 1.82) is 0 Å². The number of aliphatic hydroxyl groups excluding tert-OH is 1. The summed E-state index contributed by atoms with van der Waals surface area (Å²) in [4.78, 5) is 20.2. The molecule has 1 heterocycles. The average molecular weight is 670 g/mol. The van der Waals surface area contributed by atoms with Gasteiger partial charge in [0.15, 0.2) is 0 Å². The van der Waals surface area contributed by atoms with Crippen LogP contribution in [0.15, 0.2) is 35.9 Å². The Morgan fingerprint density at radius 1 is 1.00 bits per heavy atom. The highest BCUT2D eigenvalue weighted by Crippen LogP contribution is 2.51. The monoisotopic (exact) mass is 668 g/mol. The molecule has 0 unspecified atom stereocenters. The van der Waals surface area contributed by atoms with E-state index in [1.807, 2.05) is 6.92 Å². The van der Waals surface area contributed by atoms with Crippen molar-refractivity contribution in [1.82, 2.24) is 10.2 Å². The number of halogens is 8. The number of aliphatic carboxylic acids is 2. The average Bonchev–Trinajstić information content (AvgIpc) is 3.61. The first-order valence-electron chi connectivity index (χ1n) is 13.5. The van der Waals surface area contributed by atoms with Crippen molar-refractivity contribution in [2.24, 2.45) is 11.3 Å². The fourth-order valence-electron chi connectivity index (χ4n) is 5.42. The lowest BCUT2D eigenvalue weighted by Gasteiger charge is -2.53. The molecule has 1 aromatic rings. The Bertz CT molecular complexity index is 1000. The fourth-order valence-corrected chi connectivity index (χ4v) is 5.42. The van der Waals surface area contributed by atoms with E-state index >= 15 is 0 Å². The molecule has 4 rings (SSSR count). The van der Waals surface area contributed by atoms with E-state index in [2.05, 4.69) is 53.5 Å². The second-order valence-corrected chi connectivity index (χ2v) is 11.0. The standard InChI is InChI=1S/C24H36N2O.2C2HF3O2.2ClH/c1-3-20(13-19-7-5-4-6-8-19)22-14-23(22)25-21-15-24(16-21)9-11-26(12-10-24)17-18(2)27;2*3-2(4,5)1(6)7;;/h4-8,13,18,21-23,25,27H,3,9-12,14-17H2,1-2H3;2*(H,6,7);2*1H/b20-13+;;;;/t18-,22-,23+;;;;/m1..../s1. The molecule has 1 saturated heterocycles. The second kappa shape index (κ2) is 17.4. The number of carboxylic acid groups (broad SMARTS) is 2. The number of β-amino-alcohol motifs (C(OH)–C–C–N with tert-alkyl or cyclic N) is 1. The molecule has 1 aliphatic heterocycles. The minimum absolute atomic E-state index is 0. The quantitative estimate of drug-likeness (QED) is 0.256. The number of alkyl halides is 6. The Kier molecular flexibility index (Phi) is 16.6. The van der Waals surface area contributed by atoms with Gasteiger partial charge in [0.05, 0.1) is 6.10 Å². The minimum Gasteiger partial charge on any atom is -0.475 e. The number of carboxylic acids is 2. The van der Waals surface area contributed by atoms with E-state index in [1.165, 1.54) is 50.8 Å². The molecule has 15 heteroatoms. The third kappa shape index (κ3) is 14.1. The Balaban J connectivity index is 0.000000927. The zero-order chi connectivity index (χ0) is 31.0. The van der Waals surface area contributed by atoms with Gasteiger partial charge in [0.2, 0.25) is 0 Å². The summed E-state index contributed by atoms with van der Waals surface area (Å²) < 4.78 is 63.5. The number of carbonyl (C=O) groups is 2. The van der Waals surface area contributed by atoms with Crippen LogP contribution in [0.4, 0.5) is 26.3 Å². The normalized spacial score (nSPS) is 22.2. The maximum absolute atomic E-state index is 10.6. The van der Waals surface area contributed by atoms with E-state index in [1.54, 1.807) is 5.57 Å². The van der Waals surface area contributed by atoms with Crippen LogP contribution in [0, 0.1) is 11.3 Å². The van der Waals surface area contributed by atoms with Crippen molar-refractivity contribution in [3.63, 3.8) is 0 Å². The van der Waals surface area contributed by atoms with Gasteiger partial charge in [0, 0.05) is 18.6 Å². The molecule has 0 aromatic heterocycles. The van der Waals surface area contributed by atoms with E-state index in [-0.39, 0.29) is 30.9 Å². The Labute approximate surface area is 259 Å². The molecular formula is C28H40Cl2F6N2O5. The van der Waals surface area contributed by atoms with Crippen molar-refractivity contribution in [2.45, 2.75) is 82.9 Å². The maximum Gasteiger partial charge on any atom is 0.490 e. The highest BCUT2D eigenvalue weighted by Gasteiger charge is 2.49. The molecule has 2 aliphatic carbocycles. The first-order valence-corrected chi connectivity index (χ1v) is 13.5. The van der Waals surface area contributed by atoms with Crippen LogP contribution in [0.25, 0.3) is 6.08 Å². The lowest BCUT2D eigenvalue weighted by atomic mass is 9.60. The second-order valence-electron chi connectivity index (χ2n) is 11.0. The predicted octanol–water partition coefficient (Wildman–Crippen LogP) is 6.19. The number of nitrogens with zero attached hydrogens (tertiary/aromatic N) is 1. The SMILES string of the molecule is CC/C(=C\c1ccccc1)[C@H]1C[C@@H]1NC1CC2(CCN(C[C@@H](C)O)CC2)C1.Cl.Cl.O=C(O)C(F)(F)F.O=C(O)C(F)(F)F. The minimum atomic E-state index is -5.08. The molecule has 3 aliphatic rings. The van der Waals surface area contributed by atoms with Crippen LogP contribution in [0.5, 0.6) is 0 Å². The summed E-state index contributed by atoms with van der Waals surface area (Å²) in [6.07, 6.45) is -0.111. The van der Waals surface area contributed by atoms with Gasteiger partial charge in [-0.05, 0) is 75.4 Å². The molecule has 43 heavy (non-hydrogen) atoms. The number of benzene rings is 1. The Morgan fingerprint density at radius 3 is 1.86 bits per heavy atom. The van der Waals surface area contributed by atoms with Crippen LogP contribution in [-0.2, 0) is 9.59 Å². The number of hydrogen-bond acceptors (Lipinski definition) is 5. The van der Waals surface area contributed by atoms with Gasteiger partial charge >= 0.3 is 24.3 Å². The summed E-state index contributed by atoms with van der Waals surface area (Å²) in [6, 6.07) is 12.2. The van der Waals surface area contributed by atoms with Gasteiger partial charge in [-0.1, -0.05) is 48.9 Å². The molecule has 2 saturated carbocycles. The molecule has 1 spiro atoms. The molecule has 3 fully saturated rings. The number of piperidine rings is 1. The van der Waals surface area contributed by atoms with E-state index in [9.17, 15) is 31.4 Å². The summed E-state index contributed by atoms with van der Waals surface area (Å²) in [7, 11) is 0. The van der Waals surface area contributed by atoms with E-state index in [0.717, 1.165) is 24.9 Å². The molecule has 248 valence electrons. The first kappa shape index (κ1) is 40.9. The van der Waals surface area contributed by atoms with Gasteiger partial charge in [0.25, 0.3) is 0 Å². The fraction of sp³-hybridized carbons (Fsp3) is 0.643.